The second kappa shape index (κ2) is 7.16. The van der Waals surface area contributed by atoms with E-state index in [0.717, 1.165) is 0 Å². The molecule has 24 heavy (non-hydrogen) atoms. The van der Waals surface area contributed by atoms with Crippen LogP contribution in [0.3, 0.4) is 0 Å². The fourth-order valence-electron chi connectivity index (χ4n) is 1.87. The summed E-state index contributed by atoms with van der Waals surface area (Å²) in [5.74, 6) is -1.02. The summed E-state index contributed by atoms with van der Waals surface area (Å²) in [4.78, 5) is 23.5. The van der Waals surface area contributed by atoms with Crippen LogP contribution < -0.4 is 15.8 Å². The summed E-state index contributed by atoms with van der Waals surface area (Å²) in [5, 5.41) is 9.97. The highest BCUT2D eigenvalue weighted by Crippen LogP contribution is 2.19. The highest BCUT2D eigenvalue weighted by atomic mass is 79.9. The van der Waals surface area contributed by atoms with Gasteiger partial charge < -0.3 is 15.1 Å². The molecule has 0 saturated carbocycles. The number of amides is 2. The molecular weight excluding hydrogens is 402 g/mol. The zero-order valence-electron chi connectivity index (χ0n) is 12.5. The quantitative estimate of drug-likeness (QED) is 0.678. The number of hydrogen-bond donors (Lipinski definition) is 3. The lowest BCUT2D eigenvalue weighted by Crippen LogP contribution is -2.32. The second-order valence-corrected chi connectivity index (χ2v) is 7.17. The summed E-state index contributed by atoms with van der Waals surface area (Å²) >= 11 is 3.07. The molecule has 0 saturated heterocycles. The first kappa shape index (κ1) is 18.2. The molecule has 0 aliphatic rings. The van der Waals surface area contributed by atoms with E-state index in [1.165, 1.54) is 24.3 Å². The van der Waals surface area contributed by atoms with Crippen LogP contribution in [0.4, 0.5) is 5.69 Å². The Morgan fingerprint density at radius 2 is 1.96 bits per heavy atom. The van der Waals surface area contributed by atoms with Gasteiger partial charge in [-0.15, -0.1) is 0 Å². The average Bonchev–Trinajstić information content (AvgIpc) is 2.92. The normalized spacial score (nSPS) is 11.1. The zero-order valence-corrected chi connectivity index (χ0v) is 14.9. The third kappa shape index (κ3) is 4.66. The first-order valence-electron chi connectivity index (χ1n) is 6.63. The van der Waals surface area contributed by atoms with Crippen molar-refractivity contribution in [3.8, 4) is 0 Å². The van der Waals surface area contributed by atoms with Gasteiger partial charge in [0.15, 0.2) is 10.4 Å². The Morgan fingerprint density at radius 3 is 2.54 bits per heavy atom. The van der Waals surface area contributed by atoms with Crippen LogP contribution in [-0.4, -0.2) is 26.8 Å². The number of furan rings is 1. The number of carbonyl (C=O) groups excluding carboxylic acids is 2. The van der Waals surface area contributed by atoms with Crippen LogP contribution in [0.5, 0.6) is 0 Å². The van der Waals surface area contributed by atoms with Gasteiger partial charge >= 0.3 is 0 Å². The van der Waals surface area contributed by atoms with Crippen LogP contribution in [-0.2, 0) is 14.8 Å². The predicted molar refractivity (Wildman–Crippen MR) is 89.9 cm³/mol. The van der Waals surface area contributed by atoms with E-state index in [9.17, 15) is 18.0 Å². The molecule has 0 spiro atoms. The number of benzene rings is 1. The van der Waals surface area contributed by atoms with Crippen LogP contribution in [0, 0.1) is 6.92 Å². The first-order valence-corrected chi connectivity index (χ1v) is 8.97. The topological polar surface area (TPSA) is 132 Å². The van der Waals surface area contributed by atoms with Crippen molar-refractivity contribution in [2.45, 2.75) is 11.8 Å². The van der Waals surface area contributed by atoms with E-state index < -0.39 is 21.8 Å². The number of hydrogen-bond acceptors (Lipinski definition) is 5. The van der Waals surface area contributed by atoms with Crippen molar-refractivity contribution in [3.63, 3.8) is 0 Å². The van der Waals surface area contributed by atoms with Gasteiger partial charge in [0.2, 0.25) is 15.9 Å². The summed E-state index contributed by atoms with van der Waals surface area (Å²) in [5.41, 5.74) is 0.719. The van der Waals surface area contributed by atoms with Crippen molar-refractivity contribution in [1.82, 2.24) is 5.32 Å². The fraction of sp³-hybridized carbons (Fsp3) is 0.143. The molecule has 1 aromatic carbocycles. The van der Waals surface area contributed by atoms with Gasteiger partial charge in [-0.1, -0.05) is 6.07 Å². The average molecular weight is 416 g/mol. The Bertz CT molecular complexity index is 892. The third-order valence-corrected chi connectivity index (χ3v) is 4.46. The van der Waals surface area contributed by atoms with Crippen molar-refractivity contribution >= 4 is 43.5 Å². The highest BCUT2D eigenvalue weighted by molar-refractivity contribution is 9.10. The molecular formula is C14H14BrN3O5S. The predicted octanol–water partition coefficient (Wildman–Crippen LogP) is 1.37. The van der Waals surface area contributed by atoms with Crippen molar-refractivity contribution < 1.29 is 22.4 Å². The number of primary sulfonamides is 1. The lowest BCUT2D eigenvalue weighted by Gasteiger charge is -2.09. The van der Waals surface area contributed by atoms with Gasteiger partial charge in [-0.25, -0.2) is 13.6 Å². The molecule has 4 N–H and O–H groups in total. The SMILES string of the molecule is Cc1ccc(NC(=O)CNC(=O)c2ccc(Br)o2)cc1S(N)(=O)=O. The number of carbonyl (C=O) groups is 2. The lowest BCUT2D eigenvalue weighted by atomic mass is 10.2. The molecule has 1 heterocycles. The molecule has 0 atom stereocenters. The molecule has 0 aliphatic carbocycles. The van der Waals surface area contributed by atoms with Gasteiger partial charge in [-0.3, -0.25) is 9.59 Å². The van der Waals surface area contributed by atoms with E-state index >= 15 is 0 Å². The van der Waals surface area contributed by atoms with E-state index in [4.69, 9.17) is 9.56 Å². The Hall–Kier alpha value is -2.17. The monoisotopic (exact) mass is 415 g/mol. The van der Waals surface area contributed by atoms with Crippen LogP contribution in [0.2, 0.25) is 0 Å². The van der Waals surface area contributed by atoms with E-state index in [2.05, 4.69) is 26.6 Å². The highest BCUT2D eigenvalue weighted by Gasteiger charge is 2.14. The molecule has 0 unspecified atom stereocenters. The molecule has 128 valence electrons. The minimum Gasteiger partial charge on any atom is -0.444 e. The second-order valence-electron chi connectivity index (χ2n) is 4.86. The van der Waals surface area contributed by atoms with Gasteiger partial charge in [0, 0.05) is 5.69 Å². The largest absolute Gasteiger partial charge is 0.444 e. The standard InChI is InChI=1S/C14H14BrN3O5S/c1-8-2-3-9(6-11(8)24(16,21)22)18-13(19)7-17-14(20)10-4-5-12(15)23-10/h2-6H,7H2,1H3,(H,17,20)(H,18,19)(H2,16,21,22). The van der Waals surface area contributed by atoms with Crippen LogP contribution in [0.15, 0.2) is 44.3 Å². The van der Waals surface area contributed by atoms with E-state index in [1.54, 1.807) is 13.0 Å². The number of halogens is 1. The molecule has 0 radical (unpaired) electrons. The minimum atomic E-state index is -3.89. The van der Waals surface area contributed by atoms with Gasteiger partial charge in [0.1, 0.15) is 0 Å². The summed E-state index contributed by atoms with van der Waals surface area (Å²) in [6.07, 6.45) is 0. The maximum absolute atomic E-state index is 11.9. The third-order valence-electron chi connectivity index (χ3n) is 2.98. The summed E-state index contributed by atoms with van der Waals surface area (Å²) in [6, 6.07) is 7.32. The zero-order chi connectivity index (χ0) is 17.9. The minimum absolute atomic E-state index is 0.0570. The molecule has 10 heteroatoms. The smallest absolute Gasteiger partial charge is 0.287 e. The summed E-state index contributed by atoms with van der Waals surface area (Å²) < 4.78 is 28.4. The first-order chi connectivity index (χ1) is 11.2. The molecule has 0 bridgehead atoms. The van der Waals surface area contributed by atoms with Crippen molar-refractivity contribution in [2.75, 3.05) is 11.9 Å². The number of rotatable bonds is 5. The Kier molecular flexibility index (Phi) is 5.42. The van der Waals surface area contributed by atoms with Crippen molar-refractivity contribution in [1.29, 1.82) is 0 Å². The van der Waals surface area contributed by atoms with Gasteiger partial charge in [0.05, 0.1) is 11.4 Å². The Morgan fingerprint density at radius 1 is 1.25 bits per heavy atom. The molecule has 0 fully saturated rings. The number of nitrogens with two attached hydrogens (primary N) is 1. The van der Waals surface area contributed by atoms with Crippen LogP contribution in [0.1, 0.15) is 16.1 Å². The molecule has 1 aromatic heterocycles. The maximum atomic E-state index is 11.9. The van der Waals surface area contributed by atoms with Crippen molar-refractivity contribution in [2.24, 2.45) is 5.14 Å². The van der Waals surface area contributed by atoms with Gasteiger partial charge in [-0.2, -0.15) is 0 Å². The molecule has 2 amide bonds. The van der Waals surface area contributed by atoms with Crippen LogP contribution >= 0.6 is 15.9 Å². The Balaban J connectivity index is 1.99. The summed E-state index contributed by atoms with van der Waals surface area (Å²) in [7, 11) is -3.89. The van der Waals surface area contributed by atoms with Crippen LogP contribution in [0.25, 0.3) is 0 Å². The number of anilines is 1. The molecule has 0 aliphatic heterocycles. The summed E-state index contributed by atoms with van der Waals surface area (Å²) in [6.45, 7) is 1.28. The lowest BCUT2D eigenvalue weighted by molar-refractivity contribution is -0.115. The van der Waals surface area contributed by atoms with Crippen molar-refractivity contribution in [3.05, 3.63) is 46.3 Å². The van der Waals surface area contributed by atoms with Gasteiger partial charge in [0.25, 0.3) is 5.91 Å². The number of nitrogens with one attached hydrogen (secondary N) is 2. The molecule has 2 rings (SSSR count). The Labute approximate surface area is 146 Å². The van der Waals surface area contributed by atoms with E-state index in [-0.39, 0.29) is 22.9 Å². The number of sulfonamides is 1. The molecule has 2 aromatic rings. The van der Waals surface area contributed by atoms with E-state index in [1.807, 2.05) is 0 Å². The fourth-order valence-corrected chi connectivity index (χ4v) is 2.99. The van der Waals surface area contributed by atoms with E-state index in [0.29, 0.717) is 10.2 Å². The molecule has 8 nitrogen and oxygen atoms in total. The maximum Gasteiger partial charge on any atom is 0.287 e. The number of aryl methyl sites for hydroxylation is 1. The van der Waals surface area contributed by atoms with Gasteiger partial charge in [-0.05, 0) is 52.7 Å².